The predicted octanol–water partition coefficient (Wildman–Crippen LogP) is 5.90. The first-order valence-corrected chi connectivity index (χ1v) is 13.4. The van der Waals surface area contributed by atoms with E-state index in [0.29, 0.717) is 18.4 Å². The van der Waals surface area contributed by atoms with Gasteiger partial charge in [-0.2, -0.15) is 0 Å². The van der Waals surface area contributed by atoms with Crippen molar-refractivity contribution in [3.05, 3.63) is 83.7 Å². The third-order valence-corrected chi connectivity index (χ3v) is 7.76. The number of methoxy groups -OCH3 is 1. The number of nitrogens with zero attached hydrogens (tertiary/aromatic N) is 4. The number of hydrogen-bond donors (Lipinski definition) is 0. The van der Waals surface area contributed by atoms with Crippen LogP contribution in [-0.2, 0) is 12.3 Å². The monoisotopic (exact) mass is 500 g/mol. The van der Waals surface area contributed by atoms with Crippen molar-refractivity contribution in [3.63, 3.8) is 0 Å². The molecule has 3 heterocycles. The van der Waals surface area contributed by atoms with Gasteiger partial charge >= 0.3 is 0 Å². The molecule has 7 heteroatoms. The van der Waals surface area contributed by atoms with Gasteiger partial charge in [0.15, 0.2) is 5.16 Å². The predicted molar refractivity (Wildman–Crippen MR) is 144 cm³/mol. The SMILES string of the molecule is COc1cccc(Cn2c(SCc3ccc(C(=O)N4C[C@H](C)C[C@@H](C)C4)cc3)nc3ccncc32)c1. The lowest BCUT2D eigenvalue weighted by Gasteiger charge is -2.35. The van der Waals surface area contributed by atoms with Gasteiger partial charge in [0.2, 0.25) is 0 Å². The van der Waals surface area contributed by atoms with Crippen molar-refractivity contribution < 1.29 is 9.53 Å². The molecular formula is C29H32N4O2S. The van der Waals surface area contributed by atoms with E-state index in [1.165, 1.54) is 6.42 Å². The number of carbonyl (C=O) groups excluding carboxylic acids is 1. The molecule has 0 aliphatic carbocycles. The molecular weight excluding hydrogens is 468 g/mol. The van der Waals surface area contributed by atoms with E-state index in [4.69, 9.17) is 9.72 Å². The number of rotatable bonds is 7. The highest BCUT2D eigenvalue weighted by atomic mass is 32.2. The highest BCUT2D eigenvalue weighted by Gasteiger charge is 2.26. The molecule has 0 unspecified atom stereocenters. The Labute approximate surface area is 216 Å². The summed E-state index contributed by atoms with van der Waals surface area (Å²) in [4.78, 5) is 24.3. The van der Waals surface area contributed by atoms with Crippen LogP contribution in [0.25, 0.3) is 11.0 Å². The number of likely N-dealkylation sites (tertiary alicyclic amines) is 1. The second-order valence-corrected chi connectivity index (χ2v) is 10.8. The summed E-state index contributed by atoms with van der Waals surface area (Å²) < 4.78 is 7.61. The van der Waals surface area contributed by atoms with Crippen LogP contribution < -0.4 is 4.74 Å². The molecule has 0 N–H and O–H groups in total. The first-order valence-electron chi connectivity index (χ1n) is 12.4. The number of fused-ring (bicyclic) bond motifs is 1. The average Bonchev–Trinajstić information content (AvgIpc) is 3.24. The molecule has 0 spiro atoms. The molecule has 0 radical (unpaired) electrons. The number of hydrogen-bond acceptors (Lipinski definition) is 5. The van der Waals surface area contributed by atoms with E-state index >= 15 is 0 Å². The third-order valence-electron chi connectivity index (χ3n) is 6.72. The molecule has 1 saturated heterocycles. The van der Waals surface area contributed by atoms with Crippen molar-refractivity contribution in [2.75, 3.05) is 20.2 Å². The molecule has 0 saturated carbocycles. The first-order chi connectivity index (χ1) is 17.5. The van der Waals surface area contributed by atoms with E-state index in [1.54, 1.807) is 25.1 Å². The van der Waals surface area contributed by atoms with E-state index in [0.717, 1.165) is 57.5 Å². The van der Waals surface area contributed by atoms with Crippen molar-refractivity contribution in [2.45, 2.75) is 37.7 Å². The normalized spacial score (nSPS) is 17.9. The molecule has 1 amide bonds. The van der Waals surface area contributed by atoms with E-state index in [-0.39, 0.29) is 5.91 Å². The Morgan fingerprint density at radius 2 is 1.83 bits per heavy atom. The Balaban J connectivity index is 1.31. The maximum atomic E-state index is 13.0. The minimum Gasteiger partial charge on any atom is -0.497 e. The van der Waals surface area contributed by atoms with E-state index in [1.807, 2.05) is 41.4 Å². The standard InChI is InChI=1S/C29H32N4O2S/c1-20-13-21(2)17-32(16-20)28(34)24-9-7-22(8-10-24)19-36-29-31-26-11-12-30-15-27(26)33(29)18-23-5-4-6-25(14-23)35-3/h4-12,14-15,20-21H,13,16-19H2,1-3H3/t20-,21-/m1/s1. The summed E-state index contributed by atoms with van der Waals surface area (Å²) in [6.07, 6.45) is 4.84. The number of amides is 1. The van der Waals surface area contributed by atoms with Crippen LogP contribution in [0.15, 0.2) is 72.1 Å². The fourth-order valence-electron chi connectivity index (χ4n) is 5.07. The van der Waals surface area contributed by atoms with Gasteiger partial charge in [0.1, 0.15) is 5.75 Å². The number of carbonyl (C=O) groups is 1. The Morgan fingerprint density at radius 3 is 2.58 bits per heavy atom. The van der Waals surface area contributed by atoms with Gasteiger partial charge in [-0.05, 0) is 59.7 Å². The number of aromatic nitrogens is 3. The lowest BCUT2D eigenvalue weighted by molar-refractivity contribution is 0.0623. The van der Waals surface area contributed by atoms with Gasteiger partial charge in [-0.15, -0.1) is 0 Å². The van der Waals surface area contributed by atoms with Gasteiger partial charge in [0, 0.05) is 30.6 Å². The van der Waals surface area contributed by atoms with Gasteiger partial charge in [0.25, 0.3) is 5.91 Å². The van der Waals surface area contributed by atoms with Crippen molar-refractivity contribution in [3.8, 4) is 5.75 Å². The number of piperidine rings is 1. The zero-order chi connectivity index (χ0) is 25.1. The Bertz CT molecular complexity index is 1340. The van der Waals surface area contributed by atoms with Crippen LogP contribution in [0, 0.1) is 11.8 Å². The molecule has 1 fully saturated rings. The second kappa shape index (κ2) is 10.7. The number of thioether (sulfide) groups is 1. The molecule has 4 aromatic rings. The maximum Gasteiger partial charge on any atom is 0.253 e. The molecule has 36 heavy (non-hydrogen) atoms. The zero-order valence-corrected chi connectivity index (χ0v) is 21.9. The zero-order valence-electron chi connectivity index (χ0n) is 21.1. The molecule has 1 aliphatic rings. The van der Waals surface area contributed by atoms with Crippen molar-refractivity contribution in [1.29, 1.82) is 0 Å². The summed E-state index contributed by atoms with van der Waals surface area (Å²) in [5.41, 5.74) is 5.01. The highest BCUT2D eigenvalue weighted by Crippen LogP contribution is 2.28. The smallest absolute Gasteiger partial charge is 0.253 e. The Kier molecular flexibility index (Phi) is 7.28. The highest BCUT2D eigenvalue weighted by molar-refractivity contribution is 7.98. The maximum absolute atomic E-state index is 13.0. The van der Waals surface area contributed by atoms with Gasteiger partial charge in [-0.1, -0.05) is 49.9 Å². The molecule has 0 bridgehead atoms. The van der Waals surface area contributed by atoms with Gasteiger partial charge in [-0.3, -0.25) is 9.78 Å². The summed E-state index contributed by atoms with van der Waals surface area (Å²) in [5, 5.41) is 0.942. The quantitative estimate of drug-likeness (QED) is 0.296. The third kappa shape index (κ3) is 5.41. The van der Waals surface area contributed by atoms with E-state index in [2.05, 4.69) is 47.7 Å². The number of imidazole rings is 1. The summed E-state index contributed by atoms with van der Waals surface area (Å²) in [6.45, 7) is 6.84. The fraction of sp³-hybridized carbons (Fsp3) is 0.345. The lowest BCUT2D eigenvalue weighted by Crippen LogP contribution is -2.42. The number of pyridine rings is 1. The summed E-state index contributed by atoms with van der Waals surface area (Å²) in [5.74, 6) is 2.85. The van der Waals surface area contributed by atoms with E-state index in [9.17, 15) is 4.79 Å². The molecule has 6 nitrogen and oxygen atoms in total. The Hall–Kier alpha value is -3.32. The van der Waals surface area contributed by atoms with Crippen molar-refractivity contribution in [1.82, 2.24) is 19.4 Å². The van der Waals surface area contributed by atoms with Crippen LogP contribution in [-0.4, -0.2) is 45.5 Å². The van der Waals surface area contributed by atoms with Crippen LogP contribution in [0.3, 0.4) is 0 Å². The van der Waals surface area contributed by atoms with Crippen LogP contribution in [0.2, 0.25) is 0 Å². The number of ether oxygens (including phenoxy) is 1. The van der Waals surface area contributed by atoms with Crippen molar-refractivity contribution in [2.24, 2.45) is 11.8 Å². The summed E-state index contributed by atoms with van der Waals surface area (Å²) in [7, 11) is 1.68. The average molecular weight is 501 g/mol. The largest absolute Gasteiger partial charge is 0.497 e. The fourth-order valence-corrected chi connectivity index (χ4v) is 6.04. The summed E-state index contributed by atoms with van der Waals surface area (Å²) >= 11 is 1.70. The Morgan fingerprint density at radius 1 is 1.06 bits per heavy atom. The minimum atomic E-state index is 0.139. The van der Waals surface area contributed by atoms with Crippen molar-refractivity contribution >= 4 is 28.7 Å². The van der Waals surface area contributed by atoms with Crippen LogP contribution in [0.4, 0.5) is 0 Å². The molecule has 2 aromatic carbocycles. The molecule has 2 aromatic heterocycles. The van der Waals surface area contributed by atoms with Gasteiger partial charge in [0.05, 0.1) is 30.9 Å². The molecule has 2 atom stereocenters. The molecule has 5 rings (SSSR count). The minimum absolute atomic E-state index is 0.139. The topological polar surface area (TPSA) is 60.2 Å². The molecule has 1 aliphatic heterocycles. The molecule has 186 valence electrons. The lowest BCUT2D eigenvalue weighted by atomic mass is 9.91. The van der Waals surface area contributed by atoms with Gasteiger partial charge in [-0.25, -0.2) is 4.98 Å². The number of benzene rings is 2. The van der Waals surface area contributed by atoms with Crippen LogP contribution >= 0.6 is 11.8 Å². The van der Waals surface area contributed by atoms with E-state index < -0.39 is 0 Å². The first kappa shape index (κ1) is 24.4. The second-order valence-electron chi connectivity index (χ2n) is 9.84. The van der Waals surface area contributed by atoms with Crippen LogP contribution in [0.1, 0.15) is 41.8 Å². The summed E-state index contributed by atoms with van der Waals surface area (Å²) in [6, 6.07) is 18.1. The van der Waals surface area contributed by atoms with Crippen LogP contribution in [0.5, 0.6) is 5.75 Å². The van der Waals surface area contributed by atoms with Gasteiger partial charge < -0.3 is 14.2 Å².